The maximum Gasteiger partial charge on any atom is 0.325 e. The molecule has 1 fully saturated rings. The van der Waals surface area contributed by atoms with E-state index in [4.69, 9.17) is 4.74 Å². The molecule has 1 heterocycles. The van der Waals surface area contributed by atoms with Crippen molar-refractivity contribution in [3.05, 3.63) is 30.0 Å². The first kappa shape index (κ1) is 17.3. The molecule has 2 N–H and O–H groups in total. The van der Waals surface area contributed by atoms with Crippen molar-refractivity contribution in [2.24, 2.45) is 0 Å². The van der Waals surface area contributed by atoms with Crippen molar-refractivity contribution in [2.75, 3.05) is 20.3 Å². The highest BCUT2D eigenvalue weighted by atomic mass is 16.5. The van der Waals surface area contributed by atoms with E-state index in [2.05, 4.69) is 21.2 Å². The van der Waals surface area contributed by atoms with Crippen molar-refractivity contribution >= 4 is 22.8 Å². The van der Waals surface area contributed by atoms with Gasteiger partial charge in [0.1, 0.15) is 12.3 Å². The molecule has 6 heteroatoms. The van der Waals surface area contributed by atoms with Crippen molar-refractivity contribution in [1.82, 2.24) is 10.3 Å². The number of benzene rings is 1. The van der Waals surface area contributed by atoms with Crippen LogP contribution in [0.25, 0.3) is 10.9 Å². The lowest BCUT2D eigenvalue weighted by molar-refractivity contribution is -0.141. The van der Waals surface area contributed by atoms with Crippen LogP contribution in [-0.4, -0.2) is 37.1 Å². The van der Waals surface area contributed by atoms with Gasteiger partial charge >= 0.3 is 5.97 Å². The molecule has 25 heavy (non-hydrogen) atoms. The quantitative estimate of drug-likeness (QED) is 0.790. The lowest BCUT2D eigenvalue weighted by Crippen LogP contribution is -2.33. The van der Waals surface area contributed by atoms with Gasteiger partial charge in [-0.3, -0.25) is 9.59 Å². The maximum absolute atomic E-state index is 11.8. The summed E-state index contributed by atoms with van der Waals surface area (Å²) < 4.78 is 10.2. The predicted molar refractivity (Wildman–Crippen MR) is 94.6 cm³/mol. The molecule has 1 saturated carbocycles. The number of rotatable bonds is 6. The Kier molecular flexibility index (Phi) is 5.58. The van der Waals surface area contributed by atoms with Crippen molar-refractivity contribution in [3.63, 3.8) is 0 Å². The van der Waals surface area contributed by atoms with Gasteiger partial charge in [-0.15, -0.1) is 0 Å². The highest BCUT2D eigenvalue weighted by Gasteiger charge is 2.21. The molecule has 1 aromatic heterocycles. The molecule has 1 aromatic carbocycles. The van der Waals surface area contributed by atoms with Gasteiger partial charge in [-0.05, 0) is 36.5 Å². The normalized spacial score (nSPS) is 15.1. The van der Waals surface area contributed by atoms with Crippen LogP contribution < -0.4 is 10.1 Å². The summed E-state index contributed by atoms with van der Waals surface area (Å²) in [6, 6.07) is 5.81. The molecule has 2 aromatic rings. The third-order valence-corrected chi connectivity index (χ3v) is 4.76. The summed E-state index contributed by atoms with van der Waals surface area (Å²) in [4.78, 5) is 26.2. The molecule has 0 unspecified atom stereocenters. The highest BCUT2D eigenvalue weighted by molar-refractivity contribution is 5.90. The third-order valence-electron chi connectivity index (χ3n) is 4.76. The molecule has 134 valence electrons. The zero-order chi connectivity index (χ0) is 17.6. The fourth-order valence-corrected chi connectivity index (χ4v) is 3.47. The molecule has 6 nitrogen and oxygen atoms in total. The monoisotopic (exact) mass is 344 g/mol. The van der Waals surface area contributed by atoms with Crippen LogP contribution in [0.4, 0.5) is 0 Å². The number of esters is 1. The van der Waals surface area contributed by atoms with Crippen LogP contribution in [0.3, 0.4) is 0 Å². The fourth-order valence-electron chi connectivity index (χ4n) is 3.47. The van der Waals surface area contributed by atoms with Crippen LogP contribution in [0.1, 0.15) is 43.6 Å². The molecular formula is C19H24N2O4. The van der Waals surface area contributed by atoms with Crippen LogP contribution >= 0.6 is 0 Å². The van der Waals surface area contributed by atoms with Crippen molar-refractivity contribution < 1.29 is 19.1 Å². The third kappa shape index (κ3) is 4.13. The molecule has 1 amide bonds. The van der Waals surface area contributed by atoms with Gasteiger partial charge in [0.15, 0.2) is 6.61 Å². The van der Waals surface area contributed by atoms with E-state index >= 15 is 0 Å². The Hall–Kier alpha value is -2.50. The molecule has 0 aliphatic heterocycles. The van der Waals surface area contributed by atoms with Crippen molar-refractivity contribution in [3.8, 4) is 5.75 Å². The first-order valence-electron chi connectivity index (χ1n) is 8.75. The number of carbonyl (C=O) groups excluding carboxylic acids is 2. The summed E-state index contributed by atoms with van der Waals surface area (Å²) in [6.07, 6.45) is 8.29. The standard InChI is InChI=1S/C19H24N2O4/c1-24-18(23)11-21-17(22)12-25-16-9-5-8-15-19(16)14(10-20-15)13-6-3-2-4-7-13/h5,8-10,13,20H,2-4,6-7,11-12H2,1H3,(H,21,22). The van der Waals surface area contributed by atoms with E-state index in [1.807, 2.05) is 18.2 Å². The second-order valence-corrected chi connectivity index (χ2v) is 6.40. The Bertz CT molecular complexity index is 747. The number of H-pyrrole nitrogens is 1. The van der Waals surface area contributed by atoms with Crippen LogP contribution in [0.2, 0.25) is 0 Å². The van der Waals surface area contributed by atoms with Crippen LogP contribution in [0.15, 0.2) is 24.4 Å². The van der Waals surface area contributed by atoms with Gasteiger partial charge in [0.2, 0.25) is 0 Å². The number of carbonyl (C=O) groups is 2. The van der Waals surface area contributed by atoms with Crippen molar-refractivity contribution in [2.45, 2.75) is 38.0 Å². The van der Waals surface area contributed by atoms with Crippen LogP contribution in [0.5, 0.6) is 5.75 Å². The number of amides is 1. The van der Waals surface area contributed by atoms with Gasteiger partial charge in [0.05, 0.1) is 7.11 Å². The minimum atomic E-state index is -0.485. The lowest BCUT2D eigenvalue weighted by atomic mass is 9.84. The SMILES string of the molecule is COC(=O)CNC(=O)COc1cccc2[nH]cc(C3CCCCC3)c12. The Balaban J connectivity index is 1.71. The largest absolute Gasteiger partial charge is 0.483 e. The first-order valence-corrected chi connectivity index (χ1v) is 8.75. The Morgan fingerprint density at radius 3 is 2.80 bits per heavy atom. The number of hydrogen-bond acceptors (Lipinski definition) is 4. The Morgan fingerprint density at radius 1 is 1.24 bits per heavy atom. The summed E-state index contributed by atoms with van der Waals surface area (Å²) in [7, 11) is 1.28. The minimum Gasteiger partial charge on any atom is -0.483 e. The van der Waals surface area contributed by atoms with Crippen molar-refractivity contribution in [1.29, 1.82) is 0 Å². The van der Waals surface area contributed by atoms with Gasteiger partial charge in [0.25, 0.3) is 5.91 Å². The van der Waals surface area contributed by atoms with Gasteiger partial charge < -0.3 is 19.8 Å². The van der Waals surface area contributed by atoms with E-state index in [1.54, 1.807) is 0 Å². The topological polar surface area (TPSA) is 80.4 Å². The van der Waals surface area contributed by atoms with Gasteiger partial charge in [-0.2, -0.15) is 0 Å². The van der Waals surface area contributed by atoms with E-state index in [9.17, 15) is 9.59 Å². The zero-order valence-corrected chi connectivity index (χ0v) is 14.5. The predicted octanol–water partition coefficient (Wildman–Crippen LogP) is 2.88. The summed E-state index contributed by atoms with van der Waals surface area (Å²) >= 11 is 0. The Labute approximate surface area is 146 Å². The van der Waals surface area contributed by atoms with E-state index in [0.717, 1.165) is 10.9 Å². The molecule has 3 rings (SSSR count). The molecule has 0 radical (unpaired) electrons. The second kappa shape index (κ2) is 8.05. The summed E-state index contributed by atoms with van der Waals surface area (Å²) in [6.45, 7) is -0.286. The van der Waals surface area contributed by atoms with E-state index in [0.29, 0.717) is 11.7 Å². The number of hydrogen-bond donors (Lipinski definition) is 2. The molecule has 1 aliphatic rings. The number of nitrogens with one attached hydrogen (secondary N) is 2. The highest BCUT2D eigenvalue weighted by Crippen LogP contribution is 2.39. The molecule has 0 atom stereocenters. The smallest absolute Gasteiger partial charge is 0.325 e. The van der Waals surface area contributed by atoms with E-state index in [-0.39, 0.29) is 19.1 Å². The van der Waals surface area contributed by atoms with Crippen LogP contribution in [0, 0.1) is 0 Å². The summed E-state index contributed by atoms with van der Waals surface area (Å²) in [5, 5.41) is 3.54. The first-order chi connectivity index (χ1) is 12.2. The average Bonchev–Trinajstić information content (AvgIpc) is 3.09. The number of methoxy groups -OCH3 is 1. The number of aromatic nitrogens is 1. The zero-order valence-electron chi connectivity index (χ0n) is 14.5. The van der Waals surface area contributed by atoms with E-state index < -0.39 is 5.97 Å². The lowest BCUT2D eigenvalue weighted by Gasteiger charge is -2.21. The van der Waals surface area contributed by atoms with Gasteiger partial charge in [-0.1, -0.05) is 25.3 Å². The molecule has 0 bridgehead atoms. The Morgan fingerprint density at radius 2 is 2.04 bits per heavy atom. The number of fused-ring (bicyclic) bond motifs is 1. The van der Waals surface area contributed by atoms with Gasteiger partial charge in [0, 0.05) is 17.1 Å². The molecule has 1 aliphatic carbocycles. The summed E-state index contributed by atoms with van der Waals surface area (Å²) in [5.41, 5.74) is 2.30. The van der Waals surface area contributed by atoms with Gasteiger partial charge in [-0.25, -0.2) is 0 Å². The number of ether oxygens (including phenoxy) is 2. The molecule has 0 spiro atoms. The second-order valence-electron chi connectivity index (χ2n) is 6.40. The summed E-state index contributed by atoms with van der Waals surface area (Å²) in [5.74, 6) is 0.408. The average molecular weight is 344 g/mol. The van der Waals surface area contributed by atoms with Crippen LogP contribution in [-0.2, 0) is 14.3 Å². The van der Waals surface area contributed by atoms with E-state index in [1.165, 1.54) is 44.8 Å². The molecular weight excluding hydrogens is 320 g/mol. The number of aromatic amines is 1. The maximum atomic E-state index is 11.8. The minimum absolute atomic E-state index is 0.134. The molecule has 0 saturated heterocycles. The fraction of sp³-hybridized carbons (Fsp3) is 0.474.